The highest BCUT2D eigenvalue weighted by Crippen LogP contribution is 2.34. The minimum absolute atomic E-state index is 0.110. The average molecular weight is 454 g/mol. The molecule has 32 heavy (non-hydrogen) atoms. The highest BCUT2D eigenvalue weighted by atomic mass is 32.2. The largest absolute Gasteiger partial charge is 0.343 e. The standard InChI is InChI=1S/C24H31N5O2S/c1-4-6-12-27(13-7-5-2)21(30)14-18-16-32-24-26-22-19(23(31)28(18)24)15-25-29(22)20-11-9-8-10-17(20)3/h8-11,15,18H,4-7,12-14,16H2,1-3H3. The first-order valence-electron chi connectivity index (χ1n) is 11.5. The van der Waals surface area contributed by atoms with E-state index in [2.05, 4.69) is 18.9 Å². The fraction of sp³-hybridized carbons (Fsp3) is 0.500. The molecule has 0 saturated heterocycles. The SMILES string of the molecule is CCCCN(CCCC)C(=O)CC1CSc2nc3c(cnn3-c3ccccc3C)c(=O)n21. The molecular weight excluding hydrogens is 422 g/mol. The normalized spacial score (nSPS) is 15.3. The van der Waals surface area contributed by atoms with Crippen molar-refractivity contribution in [3.8, 4) is 5.69 Å². The van der Waals surface area contributed by atoms with Crippen LogP contribution < -0.4 is 5.56 Å². The second-order valence-electron chi connectivity index (χ2n) is 8.41. The van der Waals surface area contributed by atoms with Crippen molar-refractivity contribution in [3.05, 3.63) is 46.4 Å². The van der Waals surface area contributed by atoms with Crippen LogP contribution in [0.25, 0.3) is 16.7 Å². The predicted octanol–water partition coefficient (Wildman–Crippen LogP) is 4.36. The zero-order chi connectivity index (χ0) is 22.7. The first-order chi connectivity index (χ1) is 15.5. The molecule has 0 saturated carbocycles. The Morgan fingerprint density at radius 2 is 1.91 bits per heavy atom. The molecular formula is C24H31N5O2S. The number of hydrogen-bond acceptors (Lipinski definition) is 5. The predicted molar refractivity (Wildman–Crippen MR) is 129 cm³/mol. The van der Waals surface area contributed by atoms with Gasteiger partial charge in [-0.1, -0.05) is 56.7 Å². The Morgan fingerprint density at radius 1 is 1.19 bits per heavy atom. The van der Waals surface area contributed by atoms with Gasteiger partial charge in [-0.3, -0.25) is 14.2 Å². The molecule has 0 aliphatic carbocycles. The monoisotopic (exact) mass is 453 g/mol. The van der Waals surface area contributed by atoms with Gasteiger partial charge in [0.05, 0.1) is 17.9 Å². The molecule has 2 aromatic heterocycles. The molecule has 1 aromatic carbocycles. The summed E-state index contributed by atoms with van der Waals surface area (Å²) in [7, 11) is 0. The summed E-state index contributed by atoms with van der Waals surface area (Å²) in [4.78, 5) is 33.2. The van der Waals surface area contributed by atoms with E-state index in [1.165, 1.54) is 0 Å². The van der Waals surface area contributed by atoms with Crippen molar-refractivity contribution in [1.82, 2.24) is 24.2 Å². The summed E-state index contributed by atoms with van der Waals surface area (Å²) in [5.74, 6) is 0.821. The number of rotatable bonds is 9. The van der Waals surface area contributed by atoms with Gasteiger partial charge in [-0.05, 0) is 31.4 Å². The molecule has 0 fully saturated rings. The highest BCUT2D eigenvalue weighted by Gasteiger charge is 2.30. The number of nitrogens with zero attached hydrogens (tertiary/aromatic N) is 5. The van der Waals surface area contributed by atoms with Crippen molar-refractivity contribution in [2.45, 2.75) is 64.1 Å². The molecule has 1 aliphatic rings. The molecule has 1 atom stereocenters. The van der Waals surface area contributed by atoms with Gasteiger partial charge in [0, 0.05) is 25.3 Å². The molecule has 0 radical (unpaired) electrons. The van der Waals surface area contributed by atoms with Crippen LogP contribution >= 0.6 is 11.8 Å². The van der Waals surface area contributed by atoms with Crippen LogP contribution in [0.1, 0.15) is 57.6 Å². The summed E-state index contributed by atoms with van der Waals surface area (Å²) in [6.07, 6.45) is 6.07. The number of thioether (sulfide) groups is 1. The maximum atomic E-state index is 13.4. The van der Waals surface area contributed by atoms with Gasteiger partial charge in [-0.15, -0.1) is 0 Å². The van der Waals surface area contributed by atoms with Crippen molar-refractivity contribution < 1.29 is 4.79 Å². The second-order valence-corrected chi connectivity index (χ2v) is 9.39. The molecule has 0 N–H and O–H groups in total. The van der Waals surface area contributed by atoms with E-state index in [9.17, 15) is 9.59 Å². The summed E-state index contributed by atoms with van der Waals surface area (Å²) in [5, 5.41) is 5.63. The summed E-state index contributed by atoms with van der Waals surface area (Å²) >= 11 is 1.55. The Balaban J connectivity index is 1.63. The molecule has 1 aliphatic heterocycles. The number of aryl methyl sites for hydroxylation is 1. The van der Waals surface area contributed by atoms with Crippen LogP contribution in [0.2, 0.25) is 0 Å². The Kier molecular flexibility index (Phi) is 6.98. The van der Waals surface area contributed by atoms with Gasteiger partial charge in [0.15, 0.2) is 10.8 Å². The zero-order valence-corrected chi connectivity index (χ0v) is 19.9. The molecule has 7 nitrogen and oxygen atoms in total. The Hall–Kier alpha value is -2.61. The van der Waals surface area contributed by atoms with Gasteiger partial charge < -0.3 is 4.90 Å². The summed E-state index contributed by atoms with van der Waals surface area (Å²) in [6, 6.07) is 7.76. The number of para-hydroxylation sites is 1. The molecule has 170 valence electrons. The molecule has 1 amide bonds. The molecule has 8 heteroatoms. The molecule has 3 heterocycles. The topological polar surface area (TPSA) is 73.0 Å². The molecule has 4 rings (SSSR count). The fourth-order valence-electron chi connectivity index (χ4n) is 4.15. The lowest BCUT2D eigenvalue weighted by molar-refractivity contribution is -0.132. The zero-order valence-electron chi connectivity index (χ0n) is 19.1. The van der Waals surface area contributed by atoms with Gasteiger partial charge in [0.25, 0.3) is 5.56 Å². The third-order valence-corrected chi connectivity index (χ3v) is 7.14. The third-order valence-electron chi connectivity index (χ3n) is 6.04. The van der Waals surface area contributed by atoms with Gasteiger partial charge >= 0.3 is 0 Å². The number of carbonyl (C=O) groups excluding carboxylic acids is 1. The lowest BCUT2D eigenvalue weighted by atomic mass is 10.1. The van der Waals surface area contributed by atoms with E-state index >= 15 is 0 Å². The van der Waals surface area contributed by atoms with Crippen LogP contribution in [0.5, 0.6) is 0 Å². The number of hydrogen-bond donors (Lipinski definition) is 0. The maximum absolute atomic E-state index is 13.4. The molecule has 0 spiro atoms. The minimum atomic E-state index is -0.167. The van der Waals surface area contributed by atoms with Gasteiger partial charge in [-0.2, -0.15) is 5.10 Å². The van der Waals surface area contributed by atoms with Crippen molar-refractivity contribution in [1.29, 1.82) is 0 Å². The van der Waals surface area contributed by atoms with Gasteiger partial charge in [0.1, 0.15) is 5.39 Å². The fourth-order valence-corrected chi connectivity index (χ4v) is 5.28. The first-order valence-corrected chi connectivity index (χ1v) is 12.5. The van der Waals surface area contributed by atoms with Crippen LogP contribution in [0.4, 0.5) is 0 Å². The number of aromatic nitrogens is 4. The average Bonchev–Trinajstić information content (AvgIpc) is 3.39. The lowest BCUT2D eigenvalue weighted by Crippen LogP contribution is -2.36. The second kappa shape index (κ2) is 9.90. The Labute approximate surface area is 192 Å². The lowest BCUT2D eigenvalue weighted by Gasteiger charge is -2.24. The number of amides is 1. The third kappa shape index (κ3) is 4.33. The maximum Gasteiger partial charge on any atom is 0.265 e. The van der Waals surface area contributed by atoms with Crippen LogP contribution in [-0.2, 0) is 4.79 Å². The summed E-state index contributed by atoms with van der Waals surface area (Å²) in [5.41, 5.74) is 2.44. The van der Waals surface area contributed by atoms with E-state index < -0.39 is 0 Å². The molecule has 1 unspecified atom stereocenters. The van der Waals surface area contributed by atoms with Crippen molar-refractivity contribution in [2.75, 3.05) is 18.8 Å². The van der Waals surface area contributed by atoms with Crippen molar-refractivity contribution >= 4 is 28.7 Å². The smallest absolute Gasteiger partial charge is 0.265 e. The minimum Gasteiger partial charge on any atom is -0.343 e. The van der Waals surface area contributed by atoms with Crippen LogP contribution in [-0.4, -0.2) is 49.0 Å². The molecule has 3 aromatic rings. The van der Waals surface area contributed by atoms with Crippen LogP contribution in [0.15, 0.2) is 40.4 Å². The van der Waals surface area contributed by atoms with Gasteiger partial charge in [-0.25, -0.2) is 9.67 Å². The highest BCUT2D eigenvalue weighted by molar-refractivity contribution is 7.99. The molecule has 0 bridgehead atoms. The summed E-state index contributed by atoms with van der Waals surface area (Å²) in [6.45, 7) is 7.87. The number of unbranched alkanes of at least 4 members (excludes halogenated alkanes) is 2. The Bertz CT molecular complexity index is 1160. The van der Waals surface area contributed by atoms with Gasteiger partial charge in [0.2, 0.25) is 5.91 Å². The first kappa shape index (κ1) is 22.6. The van der Waals surface area contributed by atoms with E-state index in [-0.39, 0.29) is 17.5 Å². The number of fused-ring (bicyclic) bond motifs is 2. The number of carbonyl (C=O) groups is 1. The van der Waals surface area contributed by atoms with E-state index in [0.29, 0.717) is 28.4 Å². The van der Waals surface area contributed by atoms with E-state index in [1.807, 2.05) is 36.1 Å². The van der Waals surface area contributed by atoms with Crippen molar-refractivity contribution in [2.24, 2.45) is 0 Å². The van der Waals surface area contributed by atoms with Crippen LogP contribution in [0.3, 0.4) is 0 Å². The van der Waals surface area contributed by atoms with Crippen LogP contribution in [0, 0.1) is 6.92 Å². The van der Waals surface area contributed by atoms with Crippen molar-refractivity contribution in [3.63, 3.8) is 0 Å². The quantitative estimate of drug-likeness (QED) is 0.450. The summed E-state index contributed by atoms with van der Waals surface area (Å²) < 4.78 is 3.45. The van der Waals surface area contributed by atoms with E-state index in [1.54, 1.807) is 27.2 Å². The van der Waals surface area contributed by atoms with E-state index in [0.717, 1.165) is 50.0 Å². The number of benzene rings is 1. The Morgan fingerprint density at radius 3 is 2.59 bits per heavy atom. The van der Waals surface area contributed by atoms with E-state index in [4.69, 9.17) is 4.98 Å².